The molecule has 3 heterocycles. The molecule has 130 valence electrons. The topological polar surface area (TPSA) is 55.1 Å². The molecule has 1 aromatic carbocycles. The highest BCUT2D eigenvalue weighted by Gasteiger charge is 2.22. The zero-order chi connectivity index (χ0) is 17.5. The van der Waals surface area contributed by atoms with Gasteiger partial charge in [-0.15, -0.1) is 5.10 Å². The van der Waals surface area contributed by atoms with Gasteiger partial charge in [-0.05, 0) is 54.7 Å². The second kappa shape index (κ2) is 6.17. The van der Waals surface area contributed by atoms with Crippen LogP contribution in [0.4, 0.5) is 9.52 Å². The first-order valence-electron chi connectivity index (χ1n) is 8.58. The number of aromatic nitrogens is 4. The van der Waals surface area contributed by atoms with Gasteiger partial charge in [-0.3, -0.25) is 4.98 Å². The van der Waals surface area contributed by atoms with E-state index in [1.165, 1.54) is 16.9 Å². The summed E-state index contributed by atoms with van der Waals surface area (Å²) in [5, 5.41) is 8.86. The van der Waals surface area contributed by atoms with E-state index in [1.807, 2.05) is 24.4 Å². The van der Waals surface area contributed by atoms with Crippen LogP contribution in [0.3, 0.4) is 0 Å². The Kier molecular flexibility index (Phi) is 3.67. The number of nitrogens with one attached hydrogen (secondary N) is 1. The minimum absolute atomic E-state index is 0.0862. The van der Waals surface area contributed by atoms with Gasteiger partial charge in [-0.25, -0.2) is 13.9 Å². The Morgan fingerprint density at radius 3 is 3.08 bits per heavy atom. The van der Waals surface area contributed by atoms with Gasteiger partial charge in [-0.1, -0.05) is 17.4 Å². The highest BCUT2D eigenvalue weighted by molar-refractivity contribution is 7.20. The predicted molar refractivity (Wildman–Crippen MR) is 99.8 cm³/mol. The van der Waals surface area contributed by atoms with E-state index >= 15 is 0 Å². The maximum absolute atomic E-state index is 13.7. The molecule has 3 aromatic heterocycles. The standard InChI is InChI=1S/C19H16FN5S/c20-14-7-6-12-3-1-5-16(15(12)9-14)22-18-24-25-11-17(23-19(25)26-18)13-4-2-8-21-10-13/h2,4,6-11,16H,1,3,5H2,(H,22,24). The summed E-state index contributed by atoms with van der Waals surface area (Å²) in [7, 11) is 0. The van der Waals surface area contributed by atoms with Gasteiger partial charge in [0.25, 0.3) is 0 Å². The first kappa shape index (κ1) is 15.5. The van der Waals surface area contributed by atoms with Gasteiger partial charge < -0.3 is 5.32 Å². The number of nitrogens with zero attached hydrogens (tertiary/aromatic N) is 4. The highest BCUT2D eigenvalue weighted by atomic mass is 32.1. The lowest BCUT2D eigenvalue weighted by Gasteiger charge is -2.26. The molecule has 5 rings (SSSR count). The lowest BCUT2D eigenvalue weighted by atomic mass is 9.88. The van der Waals surface area contributed by atoms with Crippen LogP contribution < -0.4 is 5.32 Å². The second-order valence-electron chi connectivity index (χ2n) is 6.43. The third kappa shape index (κ3) is 2.74. The van der Waals surface area contributed by atoms with Gasteiger partial charge in [0, 0.05) is 18.0 Å². The number of fused-ring (bicyclic) bond motifs is 2. The maximum atomic E-state index is 13.7. The van der Waals surface area contributed by atoms with Crippen molar-refractivity contribution in [2.75, 3.05) is 5.32 Å². The molecule has 0 fully saturated rings. The molecule has 1 unspecified atom stereocenters. The molecule has 0 radical (unpaired) electrons. The van der Waals surface area contributed by atoms with Crippen molar-refractivity contribution < 1.29 is 4.39 Å². The molecule has 5 nitrogen and oxygen atoms in total. The monoisotopic (exact) mass is 365 g/mol. The molecular formula is C19H16FN5S. The van der Waals surface area contributed by atoms with Crippen molar-refractivity contribution in [1.82, 2.24) is 19.6 Å². The average molecular weight is 365 g/mol. The number of hydrogen-bond acceptors (Lipinski definition) is 5. The van der Waals surface area contributed by atoms with Crippen LogP contribution in [0, 0.1) is 5.82 Å². The summed E-state index contributed by atoms with van der Waals surface area (Å²) in [6.45, 7) is 0. The smallest absolute Gasteiger partial charge is 0.214 e. The summed E-state index contributed by atoms with van der Waals surface area (Å²) in [5.74, 6) is -0.187. The molecule has 26 heavy (non-hydrogen) atoms. The Labute approximate surface area is 153 Å². The molecule has 0 aliphatic heterocycles. The van der Waals surface area contributed by atoms with Crippen LogP contribution in [0.1, 0.15) is 30.0 Å². The summed E-state index contributed by atoms with van der Waals surface area (Å²) < 4.78 is 15.5. The number of halogens is 1. The van der Waals surface area contributed by atoms with E-state index in [9.17, 15) is 4.39 Å². The van der Waals surface area contributed by atoms with Crippen molar-refractivity contribution >= 4 is 21.4 Å². The number of rotatable bonds is 3. The summed E-state index contributed by atoms with van der Waals surface area (Å²) >= 11 is 1.50. The van der Waals surface area contributed by atoms with Gasteiger partial charge in [0.05, 0.1) is 17.9 Å². The average Bonchev–Trinajstić information content (AvgIpc) is 3.21. The van der Waals surface area contributed by atoms with Crippen molar-refractivity contribution in [3.63, 3.8) is 0 Å². The zero-order valence-electron chi connectivity index (χ0n) is 13.9. The van der Waals surface area contributed by atoms with Gasteiger partial charge in [0.1, 0.15) is 5.82 Å². The number of benzene rings is 1. The van der Waals surface area contributed by atoms with Crippen molar-refractivity contribution in [1.29, 1.82) is 0 Å². The maximum Gasteiger partial charge on any atom is 0.214 e. The molecule has 0 spiro atoms. The molecule has 1 aliphatic rings. The molecule has 0 saturated carbocycles. The molecule has 0 bridgehead atoms. The third-order valence-electron chi connectivity index (χ3n) is 4.72. The summed E-state index contributed by atoms with van der Waals surface area (Å²) in [6, 6.07) is 9.04. The van der Waals surface area contributed by atoms with Crippen molar-refractivity contribution in [2.24, 2.45) is 0 Å². The van der Waals surface area contributed by atoms with Crippen LogP contribution in [0.15, 0.2) is 48.9 Å². The van der Waals surface area contributed by atoms with E-state index in [1.54, 1.807) is 29.0 Å². The van der Waals surface area contributed by atoms with E-state index in [0.717, 1.165) is 46.2 Å². The fraction of sp³-hybridized carbons (Fsp3) is 0.211. The third-order valence-corrected chi connectivity index (χ3v) is 5.57. The fourth-order valence-electron chi connectivity index (χ4n) is 3.48. The summed E-state index contributed by atoms with van der Waals surface area (Å²) in [5.41, 5.74) is 4.08. The van der Waals surface area contributed by atoms with Crippen LogP contribution in [0.25, 0.3) is 16.2 Å². The molecule has 1 aliphatic carbocycles. The minimum atomic E-state index is -0.187. The zero-order valence-corrected chi connectivity index (χ0v) is 14.7. The fourth-order valence-corrected chi connectivity index (χ4v) is 4.31. The number of anilines is 1. The largest absolute Gasteiger partial charge is 0.353 e. The van der Waals surface area contributed by atoms with Crippen LogP contribution in [-0.2, 0) is 6.42 Å². The molecule has 1 N–H and O–H groups in total. The first-order chi connectivity index (χ1) is 12.8. The van der Waals surface area contributed by atoms with Crippen molar-refractivity contribution in [2.45, 2.75) is 25.3 Å². The molecule has 7 heteroatoms. The van der Waals surface area contributed by atoms with Gasteiger partial charge >= 0.3 is 0 Å². The van der Waals surface area contributed by atoms with Crippen LogP contribution in [0.2, 0.25) is 0 Å². The van der Waals surface area contributed by atoms with Gasteiger partial charge in [0.2, 0.25) is 10.1 Å². The van der Waals surface area contributed by atoms with Crippen molar-refractivity contribution in [3.05, 3.63) is 65.9 Å². The number of aryl methyl sites for hydroxylation is 1. The van der Waals surface area contributed by atoms with E-state index in [4.69, 9.17) is 0 Å². The Bertz CT molecular complexity index is 1040. The first-order valence-corrected chi connectivity index (χ1v) is 9.39. The molecular weight excluding hydrogens is 349 g/mol. The van der Waals surface area contributed by atoms with E-state index in [-0.39, 0.29) is 11.9 Å². The van der Waals surface area contributed by atoms with Crippen molar-refractivity contribution in [3.8, 4) is 11.3 Å². The lowest BCUT2D eigenvalue weighted by Crippen LogP contribution is -2.17. The Balaban J connectivity index is 1.43. The Hall–Kier alpha value is -2.80. The number of imidazole rings is 1. The summed E-state index contributed by atoms with van der Waals surface area (Å²) in [6.07, 6.45) is 8.50. The molecule has 0 amide bonds. The number of hydrogen-bond donors (Lipinski definition) is 1. The van der Waals surface area contributed by atoms with E-state index < -0.39 is 0 Å². The second-order valence-corrected chi connectivity index (χ2v) is 7.39. The summed E-state index contributed by atoms with van der Waals surface area (Å²) in [4.78, 5) is 9.58. The lowest BCUT2D eigenvalue weighted by molar-refractivity contribution is 0.579. The minimum Gasteiger partial charge on any atom is -0.353 e. The van der Waals surface area contributed by atoms with Crippen LogP contribution >= 0.6 is 11.3 Å². The normalized spacial score (nSPS) is 16.6. The van der Waals surface area contributed by atoms with Crippen LogP contribution in [-0.4, -0.2) is 19.6 Å². The SMILES string of the molecule is Fc1ccc2c(c1)C(Nc1nn3cc(-c4cccnc4)nc3s1)CCC2. The predicted octanol–water partition coefficient (Wildman–Crippen LogP) is 4.48. The number of pyridine rings is 1. The molecule has 0 saturated heterocycles. The highest BCUT2D eigenvalue weighted by Crippen LogP contribution is 2.34. The molecule has 1 atom stereocenters. The van der Waals surface area contributed by atoms with Crippen LogP contribution in [0.5, 0.6) is 0 Å². The van der Waals surface area contributed by atoms with Gasteiger partial charge in [-0.2, -0.15) is 0 Å². The quantitative estimate of drug-likeness (QED) is 0.581. The van der Waals surface area contributed by atoms with Gasteiger partial charge in [0.15, 0.2) is 0 Å². The Morgan fingerprint density at radius 2 is 2.23 bits per heavy atom. The van der Waals surface area contributed by atoms with E-state index in [0.29, 0.717) is 0 Å². The molecule has 4 aromatic rings. The van der Waals surface area contributed by atoms with E-state index in [2.05, 4.69) is 20.4 Å². The Morgan fingerprint density at radius 1 is 1.27 bits per heavy atom.